The lowest BCUT2D eigenvalue weighted by Gasteiger charge is -2.23. The first-order valence-corrected chi connectivity index (χ1v) is 10.6. The molecule has 3 amide bonds. The summed E-state index contributed by atoms with van der Waals surface area (Å²) in [6.07, 6.45) is 7.60. The second-order valence-electron chi connectivity index (χ2n) is 8.36. The van der Waals surface area contributed by atoms with Crippen LogP contribution in [0.25, 0.3) is 0 Å². The predicted octanol–water partition coefficient (Wildman–Crippen LogP) is 2.26. The summed E-state index contributed by atoms with van der Waals surface area (Å²) < 4.78 is 10.7. The van der Waals surface area contributed by atoms with Crippen LogP contribution in [0.4, 0.5) is 4.79 Å². The molecule has 0 aliphatic carbocycles. The molecule has 9 nitrogen and oxygen atoms in total. The van der Waals surface area contributed by atoms with Gasteiger partial charge in [-0.2, -0.15) is 0 Å². The first-order valence-electron chi connectivity index (χ1n) is 10.6. The van der Waals surface area contributed by atoms with Crippen molar-refractivity contribution in [1.29, 1.82) is 0 Å². The number of carbonyl (C=O) groups excluding carboxylic acids is 3. The van der Waals surface area contributed by atoms with Crippen molar-refractivity contribution in [2.45, 2.75) is 64.4 Å². The van der Waals surface area contributed by atoms with E-state index in [9.17, 15) is 14.4 Å². The van der Waals surface area contributed by atoms with Crippen molar-refractivity contribution in [3.05, 3.63) is 35.4 Å². The highest BCUT2D eigenvalue weighted by Gasteiger charge is 2.25. The first kappa shape index (κ1) is 25.2. The predicted molar refractivity (Wildman–Crippen MR) is 117 cm³/mol. The van der Waals surface area contributed by atoms with Crippen molar-refractivity contribution in [1.82, 2.24) is 16.1 Å². The SMILES string of the molecule is C#Cc1ccc(C(=O)N[C@@H](CNC(=O)OC(C)(C)C)C(=O)NOC2CCCCCO2)cc1. The first-order chi connectivity index (χ1) is 15.2. The van der Waals surface area contributed by atoms with Crippen molar-refractivity contribution in [2.75, 3.05) is 13.2 Å². The van der Waals surface area contributed by atoms with Crippen LogP contribution in [-0.2, 0) is 19.1 Å². The van der Waals surface area contributed by atoms with E-state index in [1.165, 1.54) is 0 Å². The highest BCUT2D eigenvalue weighted by atomic mass is 16.8. The number of terminal acetylenes is 1. The number of hydrogen-bond acceptors (Lipinski definition) is 6. The average Bonchev–Trinajstić information content (AvgIpc) is 3.02. The Balaban J connectivity index is 2.01. The minimum atomic E-state index is -1.12. The molecule has 0 bridgehead atoms. The number of amides is 3. The molecule has 9 heteroatoms. The van der Waals surface area contributed by atoms with Gasteiger partial charge in [-0.3, -0.25) is 9.59 Å². The van der Waals surface area contributed by atoms with E-state index in [4.69, 9.17) is 20.7 Å². The van der Waals surface area contributed by atoms with Gasteiger partial charge in [0, 0.05) is 24.2 Å². The maximum absolute atomic E-state index is 12.7. The van der Waals surface area contributed by atoms with Crippen LogP contribution in [0.3, 0.4) is 0 Å². The van der Waals surface area contributed by atoms with Gasteiger partial charge < -0.3 is 20.1 Å². The Bertz CT molecular complexity index is 818. The standard InChI is InChI=1S/C23H31N3O6/c1-5-16-10-12-17(13-11-16)20(27)25-18(15-24-22(29)31-23(2,3)4)21(28)26-32-19-9-7-6-8-14-30-19/h1,10-13,18-19H,6-9,14-15H2,2-4H3,(H,24,29)(H,25,27)(H,26,28)/t18-,19?/m0/s1. The molecule has 1 heterocycles. The number of carbonyl (C=O) groups is 3. The number of benzene rings is 1. The van der Waals surface area contributed by atoms with Gasteiger partial charge in [0.1, 0.15) is 11.6 Å². The summed E-state index contributed by atoms with van der Waals surface area (Å²) in [6.45, 7) is 5.51. The Morgan fingerprint density at radius 1 is 1.19 bits per heavy atom. The molecule has 2 rings (SSSR count). The molecular weight excluding hydrogens is 414 g/mol. The summed E-state index contributed by atoms with van der Waals surface area (Å²) in [7, 11) is 0. The van der Waals surface area contributed by atoms with Gasteiger partial charge in [-0.25, -0.2) is 15.1 Å². The van der Waals surface area contributed by atoms with Gasteiger partial charge in [-0.15, -0.1) is 6.42 Å². The van der Waals surface area contributed by atoms with Crippen LogP contribution in [0.15, 0.2) is 24.3 Å². The molecule has 1 saturated heterocycles. The number of nitrogens with one attached hydrogen (secondary N) is 3. The van der Waals surface area contributed by atoms with E-state index in [-0.39, 0.29) is 6.54 Å². The number of hydrogen-bond donors (Lipinski definition) is 3. The van der Waals surface area contributed by atoms with E-state index in [0.717, 1.165) is 19.3 Å². The van der Waals surface area contributed by atoms with E-state index in [1.54, 1.807) is 45.0 Å². The number of alkyl carbamates (subject to hydrolysis) is 1. The van der Waals surface area contributed by atoms with Gasteiger partial charge in [0.2, 0.25) is 0 Å². The fraction of sp³-hybridized carbons (Fsp3) is 0.522. The fourth-order valence-corrected chi connectivity index (χ4v) is 2.84. The van der Waals surface area contributed by atoms with Crippen molar-refractivity contribution < 1.29 is 28.7 Å². The summed E-state index contributed by atoms with van der Waals surface area (Å²) in [5.74, 6) is 1.32. The van der Waals surface area contributed by atoms with Crippen LogP contribution in [0.2, 0.25) is 0 Å². The lowest BCUT2D eigenvalue weighted by molar-refractivity contribution is -0.187. The molecule has 3 N–H and O–H groups in total. The fourth-order valence-electron chi connectivity index (χ4n) is 2.84. The van der Waals surface area contributed by atoms with E-state index in [1.807, 2.05) is 0 Å². The Kier molecular flexibility index (Phi) is 9.50. The zero-order chi connectivity index (χ0) is 23.6. The van der Waals surface area contributed by atoms with Crippen LogP contribution in [0.1, 0.15) is 62.4 Å². The third-order valence-corrected chi connectivity index (χ3v) is 4.46. The molecule has 32 heavy (non-hydrogen) atoms. The van der Waals surface area contributed by atoms with Crippen LogP contribution >= 0.6 is 0 Å². The van der Waals surface area contributed by atoms with E-state index in [2.05, 4.69) is 22.0 Å². The molecule has 1 unspecified atom stereocenters. The minimum Gasteiger partial charge on any atom is -0.444 e. The van der Waals surface area contributed by atoms with E-state index in [0.29, 0.717) is 24.2 Å². The minimum absolute atomic E-state index is 0.205. The lowest BCUT2D eigenvalue weighted by atomic mass is 10.1. The zero-order valence-electron chi connectivity index (χ0n) is 18.7. The largest absolute Gasteiger partial charge is 0.444 e. The molecule has 174 valence electrons. The monoisotopic (exact) mass is 445 g/mol. The summed E-state index contributed by atoms with van der Waals surface area (Å²) >= 11 is 0. The Labute approximate surface area is 188 Å². The maximum atomic E-state index is 12.7. The molecule has 0 spiro atoms. The Morgan fingerprint density at radius 3 is 2.56 bits per heavy atom. The normalized spacial score (nSPS) is 17.2. The number of rotatable bonds is 7. The van der Waals surface area contributed by atoms with Gasteiger partial charge in [-0.05, 0) is 57.9 Å². The molecule has 1 aliphatic heterocycles. The molecule has 1 fully saturated rings. The quantitative estimate of drug-likeness (QED) is 0.438. The molecule has 0 radical (unpaired) electrons. The summed E-state index contributed by atoms with van der Waals surface area (Å²) in [4.78, 5) is 42.7. The molecular formula is C23H31N3O6. The van der Waals surface area contributed by atoms with Crippen molar-refractivity contribution in [3.63, 3.8) is 0 Å². The molecule has 1 aromatic rings. The number of hydroxylamine groups is 1. The zero-order valence-corrected chi connectivity index (χ0v) is 18.7. The summed E-state index contributed by atoms with van der Waals surface area (Å²) in [5, 5.41) is 5.09. The highest BCUT2D eigenvalue weighted by Crippen LogP contribution is 2.13. The van der Waals surface area contributed by atoms with Crippen LogP contribution < -0.4 is 16.1 Å². The second-order valence-corrected chi connectivity index (χ2v) is 8.36. The topological polar surface area (TPSA) is 115 Å². The lowest BCUT2D eigenvalue weighted by Crippen LogP contribution is -2.53. The molecule has 1 aromatic carbocycles. The maximum Gasteiger partial charge on any atom is 0.407 e. The van der Waals surface area contributed by atoms with Crippen LogP contribution in [-0.4, -0.2) is 49.0 Å². The number of ether oxygens (including phenoxy) is 2. The van der Waals surface area contributed by atoms with E-state index >= 15 is 0 Å². The average molecular weight is 446 g/mol. The van der Waals surface area contributed by atoms with Gasteiger partial charge in [0.05, 0.1) is 6.54 Å². The highest BCUT2D eigenvalue weighted by molar-refractivity contribution is 5.97. The van der Waals surface area contributed by atoms with Gasteiger partial charge in [-0.1, -0.05) is 12.3 Å². The Hall–Kier alpha value is -3.09. The van der Waals surface area contributed by atoms with Crippen molar-refractivity contribution in [3.8, 4) is 12.3 Å². The van der Waals surface area contributed by atoms with Gasteiger partial charge in [0.15, 0.2) is 6.29 Å². The third-order valence-electron chi connectivity index (χ3n) is 4.46. The van der Waals surface area contributed by atoms with Crippen LogP contribution in [0, 0.1) is 12.3 Å². The molecule has 1 aliphatic rings. The summed E-state index contributed by atoms with van der Waals surface area (Å²) in [5.41, 5.74) is 2.56. The van der Waals surface area contributed by atoms with Crippen molar-refractivity contribution >= 4 is 17.9 Å². The second kappa shape index (κ2) is 12.1. The van der Waals surface area contributed by atoms with Crippen LogP contribution in [0.5, 0.6) is 0 Å². The summed E-state index contributed by atoms with van der Waals surface area (Å²) in [6, 6.07) is 5.23. The Morgan fingerprint density at radius 2 is 1.91 bits per heavy atom. The molecule has 0 saturated carbocycles. The third kappa shape index (κ3) is 8.96. The van der Waals surface area contributed by atoms with Gasteiger partial charge >= 0.3 is 6.09 Å². The molecule has 2 atom stereocenters. The van der Waals surface area contributed by atoms with Gasteiger partial charge in [0.25, 0.3) is 11.8 Å². The van der Waals surface area contributed by atoms with E-state index < -0.39 is 35.8 Å². The van der Waals surface area contributed by atoms with Crippen molar-refractivity contribution in [2.24, 2.45) is 0 Å². The smallest absolute Gasteiger partial charge is 0.407 e. The molecule has 0 aromatic heterocycles.